The topological polar surface area (TPSA) is 66.5 Å². The fourth-order valence-electron chi connectivity index (χ4n) is 2.75. The van der Waals surface area contributed by atoms with E-state index in [9.17, 15) is 13.2 Å². The van der Waals surface area contributed by atoms with E-state index in [1.165, 1.54) is 4.31 Å². The molecule has 0 unspecified atom stereocenters. The molecule has 5 nitrogen and oxygen atoms in total. The molecule has 0 fully saturated rings. The number of benzene rings is 2. The number of thioether (sulfide) groups is 1. The second-order valence-electron chi connectivity index (χ2n) is 6.04. The van der Waals surface area contributed by atoms with E-state index in [0.29, 0.717) is 17.8 Å². The Labute approximate surface area is 159 Å². The third-order valence-electron chi connectivity index (χ3n) is 3.92. The first kappa shape index (κ1) is 20.3. The zero-order valence-electron chi connectivity index (χ0n) is 15.4. The second kappa shape index (κ2) is 8.60. The van der Waals surface area contributed by atoms with Crippen LogP contribution in [0.4, 0.5) is 11.4 Å². The maximum Gasteiger partial charge on any atom is 0.248 e. The minimum absolute atomic E-state index is 0.349. The predicted molar refractivity (Wildman–Crippen MR) is 109 cm³/mol. The summed E-state index contributed by atoms with van der Waals surface area (Å²) in [6.07, 6.45) is 3.44. The Bertz CT molecular complexity index is 882. The highest BCUT2D eigenvalue weighted by Gasteiger charge is 2.31. The van der Waals surface area contributed by atoms with Gasteiger partial charge in [-0.2, -0.15) is 0 Å². The first-order chi connectivity index (χ1) is 12.3. The molecule has 0 saturated carbocycles. The minimum atomic E-state index is -3.63. The van der Waals surface area contributed by atoms with Gasteiger partial charge in [-0.25, -0.2) is 8.42 Å². The van der Waals surface area contributed by atoms with Crippen LogP contribution in [0.2, 0.25) is 0 Å². The molecule has 1 atom stereocenters. The highest BCUT2D eigenvalue weighted by atomic mass is 32.2. The SMILES string of the molecule is CC[C@H](C(=O)Nc1cccc(SC)c1)N(c1cccc(C)c1)S(C)(=O)=O. The Kier molecular flexibility index (Phi) is 6.72. The summed E-state index contributed by atoms with van der Waals surface area (Å²) in [5.41, 5.74) is 2.07. The number of hydrogen-bond acceptors (Lipinski definition) is 4. The molecule has 26 heavy (non-hydrogen) atoms. The monoisotopic (exact) mass is 392 g/mol. The van der Waals surface area contributed by atoms with Crippen molar-refractivity contribution in [3.63, 3.8) is 0 Å². The van der Waals surface area contributed by atoms with Crippen LogP contribution in [-0.2, 0) is 14.8 Å². The molecule has 0 heterocycles. The summed E-state index contributed by atoms with van der Waals surface area (Å²) >= 11 is 1.58. The quantitative estimate of drug-likeness (QED) is 0.726. The Hall–Kier alpha value is -1.99. The van der Waals surface area contributed by atoms with E-state index in [-0.39, 0.29) is 5.91 Å². The Balaban J connectivity index is 2.36. The molecule has 7 heteroatoms. The van der Waals surface area contributed by atoms with Gasteiger partial charge in [0.15, 0.2) is 0 Å². The van der Waals surface area contributed by atoms with Crippen LogP contribution >= 0.6 is 11.8 Å². The van der Waals surface area contributed by atoms with Gasteiger partial charge in [0.25, 0.3) is 0 Å². The van der Waals surface area contributed by atoms with Crippen LogP contribution in [0.15, 0.2) is 53.4 Å². The van der Waals surface area contributed by atoms with Crippen molar-refractivity contribution < 1.29 is 13.2 Å². The average molecular weight is 393 g/mol. The molecule has 140 valence electrons. The molecular formula is C19H24N2O3S2. The molecule has 2 aromatic rings. The van der Waals surface area contributed by atoms with Gasteiger partial charge in [0.1, 0.15) is 6.04 Å². The number of carbonyl (C=O) groups is 1. The van der Waals surface area contributed by atoms with Gasteiger partial charge in [-0.1, -0.05) is 25.1 Å². The molecule has 0 spiro atoms. The van der Waals surface area contributed by atoms with Crippen molar-refractivity contribution in [2.45, 2.75) is 31.2 Å². The summed E-state index contributed by atoms with van der Waals surface area (Å²) < 4.78 is 26.1. The average Bonchev–Trinajstić information content (AvgIpc) is 2.58. The van der Waals surface area contributed by atoms with Crippen molar-refractivity contribution in [1.29, 1.82) is 0 Å². The van der Waals surface area contributed by atoms with Crippen molar-refractivity contribution in [2.24, 2.45) is 0 Å². The van der Waals surface area contributed by atoms with Crippen molar-refractivity contribution in [1.82, 2.24) is 0 Å². The maximum absolute atomic E-state index is 12.9. The zero-order valence-corrected chi connectivity index (χ0v) is 17.0. The van der Waals surface area contributed by atoms with E-state index in [4.69, 9.17) is 0 Å². The van der Waals surface area contributed by atoms with E-state index in [0.717, 1.165) is 16.7 Å². The molecule has 2 aromatic carbocycles. The van der Waals surface area contributed by atoms with Gasteiger partial charge in [0, 0.05) is 10.6 Å². The summed E-state index contributed by atoms with van der Waals surface area (Å²) in [4.78, 5) is 13.9. The lowest BCUT2D eigenvalue weighted by Crippen LogP contribution is -2.47. The van der Waals surface area contributed by atoms with Gasteiger partial charge >= 0.3 is 0 Å². The predicted octanol–water partition coefficient (Wildman–Crippen LogP) is 3.90. The normalized spacial score (nSPS) is 12.5. The number of nitrogens with one attached hydrogen (secondary N) is 1. The molecule has 1 N–H and O–H groups in total. The second-order valence-corrected chi connectivity index (χ2v) is 8.78. The molecule has 0 bridgehead atoms. The summed E-state index contributed by atoms with van der Waals surface area (Å²) in [5.74, 6) is -0.349. The smallest absolute Gasteiger partial charge is 0.248 e. The van der Waals surface area contributed by atoms with Crippen molar-refractivity contribution in [3.8, 4) is 0 Å². The highest BCUT2D eigenvalue weighted by molar-refractivity contribution is 7.98. The van der Waals surface area contributed by atoms with Crippen LogP contribution in [-0.4, -0.2) is 32.9 Å². The minimum Gasteiger partial charge on any atom is -0.324 e. The molecule has 0 saturated heterocycles. The zero-order chi connectivity index (χ0) is 19.3. The number of carbonyl (C=O) groups excluding carboxylic acids is 1. The Morgan fingerprint density at radius 1 is 1.19 bits per heavy atom. The fraction of sp³-hybridized carbons (Fsp3) is 0.316. The van der Waals surface area contributed by atoms with E-state index in [1.807, 2.05) is 37.4 Å². The van der Waals surface area contributed by atoms with Gasteiger partial charge in [-0.15, -0.1) is 11.8 Å². The Morgan fingerprint density at radius 3 is 2.46 bits per heavy atom. The number of nitrogens with zero attached hydrogens (tertiary/aromatic N) is 1. The third-order valence-corrected chi connectivity index (χ3v) is 5.83. The van der Waals surface area contributed by atoms with Crippen LogP contribution in [0.5, 0.6) is 0 Å². The lowest BCUT2D eigenvalue weighted by molar-refractivity contribution is -0.117. The van der Waals surface area contributed by atoms with Gasteiger partial charge < -0.3 is 5.32 Å². The van der Waals surface area contributed by atoms with Crippen molar-refractivity contribution >= 4 is 39.1 Å². The first-order valence-electron chi connectivity index (χ1n) is 8.27. The standard InChI is InChI=1S/C19H24N2O3S2/c1-5-18(19(22)20-15-9-7-11-17(13-15)25-3)21(26(4,23)24)16-10-6-8-14(2)12-16/h6-13,18H,5H2,1-4H3,(H,20,22)/t18-/m1/s1. The van der Waals surface area contributed by atoms with Crippen molar-refractivity contribution in [3.05, 3.63) is 54.1 Å². The summed E-state index contributed by atoms with van der Waals surface area (Å²) in [7, 11) is -3.63. The van der Waals surface area contributed by atoms with E-state index in [1.54, 1.807) is 43.0 Å². The largest absolute Gasteiger partial charge is 0.324 e. The molecule has 0 aliphatic rings. The Morgan fingerprint density at radius 2 is 1.88 bits per heavy atom. The summed E-state index contributed by atoms with van der Waals surface area (Å²) in [5, 5.41) is 2.85. The van der Waals surface area contributed by atoms with Crippen LogP contribution in [0.3, 0.4) is 0 Å². The first-order valence-corrected chi connectivity index (χ1v) is 11.3. The molecule has 0 aromatic heterocycles. The third kappa shape index (κ3) is 5.02. The van der Waals surface area contributed by atoms with Gasteiger partial charge in [-0.05, 0) is 55.5 Å². The van der Waals surface area contributed by atoms with Crippen LogP contribution in [0, 0.1) is 6.92 Å². The number of anilines is 2. The molecule has 0 radical (unpaired) electrons. The van der Waals surface area contributed by atoms with Crippen LogP contribution < -0.4 is 9.62 Å². The van der Waals surface area contributed by atoms with Crippen molar-refractivity contribution in [2.75, 3.05) is 22.1 Å². The molecular weight excluding hydrogens is 368 g/mol. The number of amides is 1. The molecule has 1 amide bonds. The summed E-state index contributed by atoms with van der Waals surface area (Å²) in [6, 6.07) is 13.8. The van der Waals surface area contributed by atoms with E-state index < -0.39 is 16.1 Å². The molecule has 0 aliphatic carbocycles. The highest BCUT2D eigenvalue weighted by Crippen LogP contribution is 2.25. The molecule has 2 rings (SSSR count). The van der Waals surface area contributed by atoms with Gasteiger partial charge in [0.05, 0.1) is 11.9 Å². The number of aryl methyl sites for hydroxylation is 1. The number of hydrogen-bond donors (Lipinski definition) is 1. The van der Waals surface area contributed by atoms with E-state index in [2.05, 4.69) is 5.32 Å². The lowest BCUT2D eigenvalue weighted by Gasteiger charge is -2.30. The summed E-state index contributed by atoms with van der Waals surface area (Å²) in [6.45, 7) is 3.69. The number of rotatable bonds is 7. The number of sulfonamides is 1. The van der Waals surface area contributed by atoms with E-state index >= 15 is 0 Å². The maximum atomic E-state index is 12.9. The molecule has 0 aliphatic heterocycles. The fourth-order valence-corrected chi connectivity index (χ4v) is 4.41. The van der Waals surface area contributed by atoms with Gasteiger partial charge in [0.2, 0.25) is 15.9 Å². The van der Waals surface area contributed by atoms with Gasteiger partial charge in [-0.3, -0.25) is 9.10 Å². The van der Waals surface area contributed by atoms with Crippen LogP contribution in [0.25, 0.3) is 0 Å². The van der Waals surface area contributed by atoms with Crippen LogP contribution in [0.1, 0.15) is 18.9 Å². The lowest BCUT2D eigenvalue weighted by atomic mass is 10.1.